The summed E-state index contributed by atoms with van der Waals surface area (Å²) in [6.45, 7) is 6.52. The summed E-state index contributed by atoms with van der Waals surface area (Å²) in [5, 5.41) is 9.61. The van der Waals surface area contributed by atoms with Crippen LogP contribution in [0.2, 0.25) is 0 Å². The first-order chi connectivity index (χ1) is 13.5. The second-order valence-corrected chi connectivity index (χ2v) is 10.8. The maximum absolute atomic E-state index is 11.7. The molecule has 0 heterocycles. The van der Waals surface area contributed by atoms with Gasteiger partial charge < -0.3 is 5.11 Å². The Kier molecular flexibility index (Phi) is 26.5. The van der Waals surface area contributed by atoms with Gasteiger partial charge in [0.05, 0.1) is 5.92 Å². The zero-order valence-electron chi connectivity index (χ0n) is 18.7. The van der Waals surface area contributed by atoms with E-state index in [0.29, 0.717) is 10.7 Å². The Morgan fingerprint density at radius 3 is 1.52 bits per heavy atom. The van der Waals surface area contributed by atoms with Gasteiger partial charge in [0.15, 0.2) is 0 Å². The predicted molar refractivity (Wildman–Crippen MR) is 139 cm³/mol. The Balaban J connectivity index is 0. The Labute approximate surface area is 238 Å². The van der Waals surface area contributed by atoms with Gasteiger partial charge in [-0.2, -0.15) is 0 Å². The third-order valence-corrected chi connectivity index (χ3v) is 8.71. The van der Waals surface area contributed by atoms with Crippen molar-refractivity contribution in [2.75, 3.05) is 0 Å². The maximum atomic E-state index is 11.7. The monoisotopic (exact) mass is 664 g/mol. The number of rotatable bonds is 20. The number of hydrogen-bond donors (Lipinski definition) is 1. The van der Waals surface area contributed by atoms with Crippen LogP contribution in [0.4, 0.5) is 0 Å². The third kappa shape index (κ3) is 18.1. The van der Waals surface area contributed by atoms with E-state index in [1.807, 2.05) is 0 Å². The molecule has 0 aliphatic heterocycles. The van der Waals surface area contributed by atoms with Crippen molar-refractivity contribution in [3.63, 3.8) is 0 Å². The van der Waals surface area contributed by atoms with E-state index in [4.69, 9.17) is 0 Å². The molecular formula is C24H48BaBr2O2. The summed E-state index contributed by atoms with van der Waals surface area (Å²) in [5.41, 5.74) is 0. The molecule has 4 unspecified atom stereocenters. The SMILES string of the molecule is CCCCCCCCCCCCCCC(CC(C(=O)O)C(Br)CC)C(Br)CC.[BaH2]. The molecule has 0 amide bonds. The van der Waals surface area contributed by atoms with Crippen LogP contribution in [0.25, 0.3) is 0 Å². The fraction of sp³-hybridized carbons (Fsp3) is 0.958. The van der Waals surface area contributed by atoms with Crippen molar-refractivity contribution in [3.8, 4) is 0 Å². The Morgan fingerprint density at radius 2 is 1.14 bits per heavy atom. The third-order valence-electron chi connectivity index (χ3n) is 6.03. The molecule has 0 aliphatic rings. The van der Waals surface area contributed by atoms with Crippen LogP contribution in [0.3, 0.4) is 0 Å². The van der Waals surface area contributed by atoms with Crippen molar-refractivity contribution in [1.82, 2.24) is 0 Å². The topological polar surface area (TPSA) is 37.3 Å². The fourth-order valence-corrected chi connectivity index (χ4v) is 4.96. The second-order valence-electron chi connectivity index (χ2n) is 8.47. The van der Waals surface area contributed by atoms with Gasteiger partial charge in [0.25, 0.3) is 0 Å². The van der Waals surface area contributed by atoms with Gasteiger partial charge in [-0.25, -0.2) is 0 Å². The minimum absolute atomic E-state index is 0. The summed E-state index contributed by atoms with van der Waals surface area (Å²) < 4.78 is 0. The molecule has 0 radical (unpaired) electrons. The number of carbonyl (C=O) groups is 1. The number of aliphatic carboxylic acids is 1. The number of carboxylic acids is 1. The van der Waals surface area contributed by atoms with E-state index in [1.54, 1.807) is 0 Å². The summed E-state index contributed by atoms with van der Waals surface area (Å²) in [5.74, 6) is -0.473. The fourth-order valence-electron chi connectivity index (χ4n) is 4.04. The summed E-state index contributed by atoms with van der Waals surface area (Å²) in [4.78, 5) is 12.2. The van der Waals surface area contributed by atoms with Gasteiger partial charge in [-0.05, 0) is 31.6 Å². The number of halogens is 2. The first-order valence-corrected chi connectivity index (χ1v) is 13.8. The van der Waals surface area contributed by atoms with Crippen LogP contribution >= 0.6 is 31.9 Å². The molecule has 0 aromatic heterocycles. The van der Waals surface area contributed by atoms with Gasteiger partial charge in [0.2, 0.25) is 0 Å². The molecule has 4 atom stereocenters. The first kappa shape index (κ1) is 33.2. The Bertz CT molecular complexity index is 369. The molecule has 0 aliphatic carbocycles. The Morgan fingerprint density at radius 1 is 0.724 bits per heavy atom. The van der Waals surface area contributed by atoms with Gasteiger partial charge in [-0.15, -0.1) is 0 Å². The van der Waals surface area contributed by atoms with E-state index >= 15 is 0 Å². The summed E-state index contributed by atoms with van der Waals surface area (Å²) in [7, 11) is 0. The zero-order chi connectivity index (χ0) is 21.2. The summed E-state index contributed by atoms with van der Waals surface area (Å²) in [6, 6.07) is 0. The van der Waals surface area contributed by atoms with Crippen LogP contribution < -0.4 is 0 Å². The molecule has 5 heteroatoms. The van der Waals surface area contributed by atoms with Crippen LogP contribution in [0.5, 0.6) is 0 Å². The van der Waals surface area contributed by atoms with Crippen molar-refractivity contribution < 1.29 is 9.90 Å². The van der Waals surface area contributed by atoms with E-state index in [0.717, 1.165) is 25.7 Å². The Hall–Kier alpha value is 2.00. The van der Waals surface area contributed by atoms with Gasteiger partial charge in [-0.1, -0.05) is 130 Å². The van der Waals surface area contributed by atoms with Gasteiger partial charge in [0.1, 0.15) is 0 Å². The predicted octanol–water partition coefficient (Wildman–Crippen LogP) is 8.22. The van der Waals surface area contributed by atoms with Crippen LogP contribution in [-0.2, 0) is 4.79 Å². The van der Waals surface area contributed by atoms with Crippen LogP contribution in [-0.4, -0.2) is 69.6 Å². The molecule has 0 rings (SSSR count). The molecule has 0 aromatic rings. The van der Waals surface area contributed by atoms with Crippen LogP contribution in [0.1, 0.15) is 124 Å². The quantitative estimate of drug-likeness (QED) is 0.0809. The van der Waals surface area contributed by atoms with Crippen LogP contribution in [0.15, 0.2) is 0 Å². The van der Waals surface area contributed by atoms with E-state index < -0.39 is 5.97 Å². The van der Waals surface area contributed by atoms with Crippen LogP contribution in [0, 0.1) is 11.8 Å². The number of alkyl halides is 2. The molecule has 0 aromatic carbocycles. The van der Waals surface area contributed by atoms with Crippen molar-refractivity contribution in [1.29, 1.82) is 0 Å². The molecule has 29 heavy (non-hydrogen) atoms. The molecule has 0 saturated carbocycles. The van der Waals surface area contributed by atoms with Gasteiger partial charge in [-0.3, -0.25) is 4.79 Å². The molecule has 0 bridgehead atoms. The molecule has 2 nitrogen and oxygen atoms in total. The molecular weight excluding hydrogens is 617 g/mol. The van der Waals surface area contributed by atoms with E-state index in [-0.39, 0.29) is 59.6 Å². The molecule has 172 valence electrons. The zero-order valence-corrected chi connectivity index (χ0v) is 21.9. The standard InChI is InChI=1S/C24H46Br2O2.Ba.2H/c1-4-7-8-9-10-11-12-13-14-15-16-17-18-20(22(25)5-2)19-21(24(27)28)23(26)6-3;;;/h20-23H,4-19H2,1-3H3,(H,27,28);;;. The number of carboxylic acid groups (broad SMARTS) is 1. The average Bonchev–Trinajstić information content (AvgIpc) is 2.69. The number of unbranched alkanes of at least 4 members (excludes halogenated alkanes) is 11. The van der Waals surface area contributed by atoms with E-state index in [2.05, 4.69) is 52.6 Å². The normalized spacial score (nSPS) is 15.3. The second kappa shape index (κ2) is 23.2. The molecule has 0 saturated heterocycles. The van der Waals surface area contributed by atoms with Gasteiger partial charge >= 0.3 is 54.9 Å². The minimum atomic E-state index is -0.653. The van der Waals surface area contributed by atoms with Crippen molar-refractivity contribution in [3.05, 3.63) is 0 Å². The first-order valence-electron chi connectivity index (χ1n) is 12.0. The molecule has 0 spiro atoms. The van der Waals surface area contributed by atoms with Crippen molar-refractivity contribution in [2.45, 2.75) is 133 Å². The van der Waals surface area contributed by atoms with Gasteiger partial charge in [0, 0.05) is 9.65 Å². The number of hydrogen-bond acceptors (Lipinski definition) is 1. The molecule has 1 N–H and O–H groups in total. The van der Waals surface area contributed by atoms with Crippen molar-refractivity contribution in [2.24, 2.45) is 11.8 Å². The van der Waals surface area contributed by atoms with E-state index in [1.165, 1.54) is 77.0 Å². The molecule has 0 fully saturated rings. The van der Waals surface area contributed by atoms with Crippen molar-refractivity contribution >= 4 is 86.7 Å². The summed E-state index contributed by atoms with van der Waals surface area (Å²) in [6.07, 6.45) is 20.3. The van der Waals surface area contributed by atoms with E-state index in [9.17, 15) is 9.90 Å². The summed E-state index contributed by atoms with van der Waals surface area (Å²) >= 11 is 7.40. The average molecular weight is 666 g/mol.